The smallest absolute Gasteiger partial charge is 0.215 e. The minimum absolute atomic E-state index is 0.0124. The van der Waals surface area contributed by atoms with Gasteiger partial charge < -0.3 is 4.42 Å². The van der Waals surface area contributed by atoms with Crippen molar-refractivity contribution in [3.05, 3.63) is 59.0 Å². The van der Waals surface area contributed by atoms with Gasteiger partial charge in [0.2, 0.25) is 10.0 Å². The van der Waals surface area contributed by atoms with Crippen LogP contribution in [0.25, 0.3) is 0 Å². The van der Waals surface area contributed by atoms with E-state index in [0.717, 1.165) is 43.8 Å². The van der Waals surface area contributed by atoms with E-state index in [4.69, 9.17) is 16.0 Å². The summed E-state index contributed by atoms with van der Waals surface area (Å²) in [5.41, 5.74) is 0.741. The highest BCUT2D eigenvalue weighted by Gasteiger charge is 2.21. The zero-order valence-corrected chi connectivity index (χ0v) is 15.6. The molecular formula is C18H23ClN2O3S. The van der Waals surface area contributed by atoms with Crippen molar-refractivity contribution in [2.75, 3.05) is 19.6 Å². The lowest BCUT2D eigenvalue weighted by atomic mass is 9.97. The number of furan rings is 1. The zero-order valence-electron chi connectivity index (χ0n) is 14.0. The van der Waals surface area contributed by atoms with Crippen molar-refractivity contribution < 1.29 is 12.8 Å². The van der Waals surface area contributed by atoms with Crippen LogP contribution in [-0.4, -0.2) is 33.0 Å². The summed E-state index contributed by atoms with van der Waals surface area (Å²) in [5.74, 6) is 1.34. The summed E-state index contributed by atoms with van der Waals surface area (Å²) in [7, 11) is -3.32. The van der Waals surface area contributed by atoms with Crippen LogP contribution in [-0.2, 0) is 22.3 Å². The molecule has 7 heteroatoms. The van der Waals surface area contributed by atoms with Crippen molar-refractivity contribution in [2.45, 2.75) is 25.1 Å². The van der Waals surface area contributed by atoms with Crippen LogP contribution < -0.4 is 4.72 Å². The summed E-state index contributed by atoms with van der Waals surface area (Å²) in [4.78, 5) is 2.34. The molecule has 2 aromatic rings. The molecule has 25 heavy (non-hydrogen) atoms. The van der Waals surface area contributed by atoms with Crippen LogP contribution in [0.5, 0.6) is 0 Å². The Morgan fingerprint density at radius 1 is 1.16 bits per heavy atom. The number of hydrogen-bond acceptors (Lipinski definition) is 4. The second-order valence-corrected chi connectivity index (χ2v) is 8.78. The molecule has 1 fully saturated rings. The van der Waals surface area contributed by atoms with E-state index in [9.17, 15) is 8.42 Å². The van der Waals surface area contributed by atoms with Gasteiger partial charge in [0.1, 0.15) is 5.76 Å². The number of piperidine rings is 1. The molecule has 1 aliphatic rings. The molecule has 3 rings (SSSR count). The maximum Gasteiger partial charge on any atom is 0.215 e. The predicted octanol–water partition coefficient (Wildman–Crippen LogP) is 3.26. The lowest BCUT2D eigenvalue weighted by Gasteiger charge is -2.31. The van der Waals surface area contributed by atoms with E-state index >= 15 is 0 Å². The molecule has 136 valence electrons. The van der Waals surface area contributed by atoms with Gasteiger partial charge in [0, 0.05) is 11.6 Å². The van der Waals surface area contributed by atoms with Crippen molar-refractivity contribution in [2.24, 2.45) is 5.92 Å². The number of benzene rings is 1. The molecule has 1 aliphatic heterocycles. The zero-order chi connectivity index (χ0) is 17.7. The van der Waals surface area contributed by atoms with Crippen LogP contribution in [0.3, 0.4) is 0 Å². The first kappa shape index (κ1) is 18.5. The van der Waals surface area contributed by atoms with Crippen molar-refractivity contribution in [1.82, 2.24) is 9.62 Å². The van der Waals surface area contributed by atoms with E-state index in [1.54, 1.807) is 30.5 Å². The van der Waals surface area contributed by atoms with Crippen LogP contribution in [0.2, 0.25) is 5.02 Å². The summed E-state index contributed by atoms with van der Waals surface area (Å²) in [5, 5.41) is 0.607. The molecule has 0 amide bonds. The molecule has 1 N–H and O–H groups in total. The fourth-order valence-corrected chi connectivity index (χ4v) is 4.42. The van der Waals surface area contributed by atoms with Crippen molar-refractivity contribution in [1.29, 1.82) is 0 Å². The van der Waals surface area contributed by atoms with Gasteiger partial charge in [-0.05, 0) is 61.7 Å². The third kappa shape index (κ3) is 5.85. The summed E-state index contributed by atoms with van der Waals surface area (Å²) in [6, 6.07) is 10.8. The second-order valence-electron chi connectivity index (χ2n) is 6.53. The Morgan fingerprint density at radius 3 is 2.52 bits per heavy atom. The van der Waals surface area contributed by atoms with Gasteiger partial charge in [-0.2, -0.15) is 0 Å². The normalized spacial score (nSPS) is 17.0. The Balaban J connectivity index is 1.42. The van der Waals surface area contributed by atoms with Crippen LogP contribution in [0, 0.1) is 5.92 Å². The summed E-state index contributed by atoms with van der Waals surface area (Å²) < 4.78 is 32.6. The van der Waals surface area contributed by atoms with E-state index in [1.165, 1.54) is 0 Å². The molecule has 0 radical (unpaired) electrons. The third-order valence-corrected chi connectivity index (χ3v) is 6.10. The molecule has 2 heterocycles. The molecule has 0 aliphatic carbocycles. The number of rotatable bonds is 7. The third-order valence-electron chi connectivity index (χ3n) is 4.53. The molecular weight excluding hydrogens is 360 g/mol. The second kappa shape index (κ2) is 8.36. The van der Waals surface area contributed by atoms with Gasteiger partial charge in [-0.15, -0.1) is 0 Å². The quantitative estimate of drug-likeness (QED) is 0.798. The number of sulfonamides is 1. The van der Waals surface area contributed by atoms with Gasteiger partial charge >= 0.3 is 0 Å². The molecule has 0 unspecified atom stereocenters. The molecule has 0 bridgehead atoms. The first-order valence-electron chi connectivity index (χ1n) is 8.47. The predicted molar refractivity (Wildman–Crippen MR) is 98.8 cm³/mol. The molecule has 0 atom stereocenters. The Morgan fingerprint density at radius 2 is 1.88 bits per heavy atom. The molecule has 1 aromatic carbocycles. The average Bonchev–Trinajstić information content (AvgIpc) is 3.09. The van der Waals surface area contributed by atoms with Gasteiger partial charge in [-0.25, -0.2) is 13.1 Å². The maximum atomic E-state index is 12.2. The van der Waals surface area contributed by atoms with E-state index in [1.807, 2.05) is 12.1 Å². The monoisotopic (exact) mass is 382 g/mol. The fourth-order valence-electron chi connectivity index (χ4n) is 3.07. The van der Waals surface area contributed by atoms with Crippen LogP contribution in [0.15, 0.2) is 47.1 Å². The van der Waals surface area contributed by atoms with Gasteiger partial charge in [0.15, 0.2) is 0 Å². The number of likely N-dealkylation sites (tertiary alicyclic amines) is 1. The highest BCUT2D eigenvalue weighted by molar-refractivity contribution is 7.88. The minimum atomic E-state index is -3.32. The Kier molecular flexibility index (Phi) is 6.17. The van der Waals surface area contributed by atoms with Crippen LogP contribution in [0.4, 0.5) is 0 Å². The van der Waals surface area contributed by atoms with Crippen molar-refractivity contribution in [3.63, 3.8) is 0 Å². The minimum Gasteiger partial charge on any atom is -0.468 e. The lowest BCUT2D eigenvalue weighted by Crippen LogP contribution is -2.38. The average molecular weight is 383 g/mol. The van der Waals surface area contributed by atoms with Gasteiger partial charge in [0.25, 0.3) is 0 Å². The van der Waals surface area contributed by atoms with Gasteiger partial charge in [-0.1, -0.05) is 23.7 Å². The topological polar surface area (TPSA) is 62.6 Å². The number of halogens is 1. The first-order valence-corrected chi connectivity index (χ1v) is 10.5. The molecule has 0 saturated carbocycles. The summed E-state index contributed by atoms with van der Waals surface area (Å²) >= 11 is 5.83. The highest BCUT2D eigenvalue weighted by Crippen LogP contribution is 2.19. The van der Waals surface area contributed by atoms with E-state index in [0.29, 0.717) is 17.5 Å². The van der Waals surface area contributed by atoms with Crippen LogP contribution >= 0.6 is 11.6 Å². The maximum absolute atomic E-state index is 12.2. The number of nitrogens with one attached hydrogen (secondary N) is 1. The summed E-state index contributed by atoms with van der Waals surface area (Å²) in [6.45, 7) is 3.25. The molecule has 1 saturated heterocycles. The molecule has 1 aromatic heterocycles. The number of hydrogen-bond donors (Lipinski definition) is 1. The molecule has 5 nitrogen and oxygen atoms in total. The Bertz CT molecular complexity index is 752. The SMILES string of the molecule is O=S(=O)(Cc1ccc(Cl)cc1)NCC1CCN(Cc2ccco2)CC1. The van der Waals surface area contributed by atoms with Crippen molar-refractivity contribution in [3.8, 4) is 0 Å². The Labute approximate surface area is 154 Å². The largest absolute Gasteiger partial charge is 0.468 e. The summed E-state index contributed by atoms with van der Waals surface area (Å²) in [6.07, 6.45) is 3.67. The Hall–Kier alpha value is -1.34. The van der Waals surface area contributed by atoms with Crippen LogP contribution in [0.1, 0.15) is 24.2 Å². The highest BCUT2D eigenvalue weighted by atomic mass is 35.5. The standard InChI is InChI=1S/C18H23ClN2O3S/c19-17-5-3-16(4-6-17)14-25(22,23)20-12-15-7-9-21(10-8-15)13-18-2-1-11-24-18/h1-6,11,15,20H,7-10,12-14H2. The number of nitrogens with zero attached hydrogens (tertiary/aromatic N) is 1. The molecule has 0 spiro atoms. The van der Waals surface area contributed by atoms with Crippen molar-refractivity contribution >= 4 is 21.6 Å². The van der Waals surface area contributed by atoms with E-state index < -0.39 is 10.0 Å². The van der Waals surface area contributed by atoms with Gasteiger partial charge in [-0.3, -0.25) is 4.90 Å². The lowest BCUT2D eigenvalue weighted by molar-refractivity contribution is 0.168. The van der Waals surface area contributed by atoms with E-state index in [-0.39, 0.29) is 5.75 Å². The van der Waals surface area contributed by atoms with E-state index in [2.05, 4.69) is 9.62 Å². The first-order chi connectivity index (χ1) is 12.0. The fraction of sp³-hybridized carbons (Fsp3) is 0.444. The van der Waals surface area contributed by atoms with Gasteiger partial charge in [0.05, 0.1) is 18.6 Å².